The molecule has 22 heavy (non-hydrogen) atoms. The van der Waals surface area contributed by atoms with Gasteiger partial charge >= 0.3 is 0 Å². The normalized spacial score (nSPS) is 25.2. The molecule has 1 atom stereocenters. The van der Waals surface area contributed by atoms with Crippen LogP contribution in [0.3, 0.4) is 0 Å². The molecule has 1 aromatic carbocycles. The summed E-state index contributed by atoms with van der Waals surface area (Å²) in [4.78, 5) is 0. The summed E-state index contributed by atoms with van der Waals surface area (Å²) in [6.07, 6.45) is 4.21. The predicted octanol–water partition coefficient (Wildman–Crippen LogP) is 4.09. The monoisotopic (exact) mass is 304 g/mol. The molecular weight excluding hydrogens is 280 g/mol. The van der Waals surface area contributed by atoms with Gasteiger partial charge in [-0.1, -0.05) is 5.57 Å². The van der Waals surface area contributed by atoms with Crippen molar-refractivity contribution in [2.24, 2.45) is 0 Å². The molecule has 0 aliphatic carbocycles. The van der Waals surface area contributed by atoms with E-state index < -0.39 is 0 Å². The summed E-state index contributed by atoms with van der Waals surface area (Å²) in [6.45, 7) is 9.47. The zero-order valence-electron chi connectivity index (χ0n) is 13.8. The first-order valence-corrected chi connectivity index (χ1v) is 7.78. The molecule has 4 nitrogen and oxygen atoms in total. The van der Waals surface area contributed by atoms with Crippen LogP contribution in [0.1, 0.15) is 40.5 Å². The highest BCUT2D eigenvalue weighted by Crippen LogP contribution is 2.50. The fraction of sp³-hybridized carbons (Fsp3) is 0.556. The molecule has 3 rings (SSSR count). The highest BCUT2D eigenvalue weighted by Gasteiger charge is 2.59. The third-order valence-corrected chi connectivity index (χ3v) is 4.73. The van der Waals surface area contributed by atoms with E-state index in [-0.39, 0.29) is 18.0 Å². The molecule has 0 amide bonds. The summed E-state index contributed by atoms with van der Waals surface area (Å²) in [6, 6.07) is 5.65. The molecule has 0 aromatic heterocycles. The molecule has 1 aromatic rings. The molecule has 0 spiro atoms. The van der Waals surface area contributed by atoms with Crippen molar-refractivity contribution < 1.29 is 18.9 Å². The van der Waals surface area contributed by atoms with Crippen molar-refractivity contribution in [2.75, 3.05) is 13.4 Å². The van der Waals surface area contributed by atoms with Crippen molar-refractivity contribution in [2.45, 2.75) is 51.7 Å². The van der Waals surface area contributed by atoms with Crippen molar-refractivity contribution in [1.82, 2.24) is 0 Å². The lowest BCUT2D eigenvalue weighted by Gasteiger charge is -2.09. The first-order chi connectivity index (χ1) is 10.4. The van der Waals surface area contributed by atoms with Gasteiger partial charge in [0.25, 0.3) is 0 Å². The number of ether oxygens (including phenoxy) is 4. The molecule has 0 saturated carbocycles. The van der Waals surface area contributed by atoms with E-state index in [1.807, 2.05) is 18.2 Å². The van der Waals surface area contributed by atoms with Crippen LogP contribution in [0.5, 0.6) is 17.2 Å². The molecular formula is C18H24O4. The minimum absolute atomic E-state index is 0.0241. The maximum absolute atomic E-state index is 5.77. The summed E-state index contributed by atoms with van der Waals surface area (Å²) in [5.41, 5.74) is 1.38. The van der Waals surface area contributed by atoms with Crippen LogP contribution < -0.4 is 14.2 Å². The minimum atomic E-state index is 0.0241. The third-order valence-electron chi connectivity index (χ3n) is 4.73. The highest BCUT2D eigenvalue weighted by molar-refractivity contribution is 5.46. The third kappa shape index (κ3) is 3.07. The maximum atomic E-state index is 5.77. The summed E-state index contributed by atoms with van der Waals surface area (Å²) in [5, 5.41) is 0. The van der Waals surface area contributed by atoms with Gasteiger partial charge in [-0.05, 0) is 58.7 Å². The second kappa shape index (κ2) is 5.51. The number of benzene rings is 1. The molecule has 0 bridgehead atoms. The number of rotatable bonds is 6. The first kappa shape index (κ1) is 15.2. The van der Waals surface area contributed by atoms with Gasteiger partial charge in [-0.15, -0.1) is 0 Å². The van der Waals surface area contributed by atoms with E-state index in [4.69, 9.17) is 18.9 Å². The maximum Gasteiger partial charge on any atom is 0.231 e. The zero-order chi connectivity index (χ0) is 15.8. The Morgan fingerprint density at radius 1 is 1.23 bits per heavy atom. The Hall–Kier alpha value is -1.68. The molecule has 2 aliphatic heterocycles. The first-order valence-electron chi connectivity index (χ1n) is 7.78. The predicted molar refractivity (Wildman–Crippen MR) is 84.6 cm³/mol. The lowest BCUT2D eigenvalue weighted by molar-refractivity contribution is 0.174. The lowest BCUT2D eigenvalue weighted by atomic mass is 9.91. The number of epoxide rings is 1. The molecule has 4 heteroatoms. The fourth-order valence-corrected chi connectivity index (χ4v) is 2.67. The molecule has 2 aliphatic rings. The summed E-state index contributed by atoms with van der Waals surface area (Å²) >= 11 is 0. The Morgan fingerprint density at radius 2 is 1.95 bits per heavy atom. The van der Waals surface area contributed by atoms with Gasteiger partial charge in [-0.25, -0.2) is 0 Å². The summed E-state index contributed by atoms with van der Waals surface area (Å²) in [7, 11) is 0. The van der Waals surface area contributed by atoms with Crippen LogP contribution in [0.2, 0.25) is 0 Å². The summed E-state index contributed by atoms with van der Waals surface area (Å²) < 4.78 is 22.1. The van der Waals surface area contributed by atoms with Gasteiger partial charge in [0.1, 0.15) is 12.4 Å². The molecule has 1 unspecified atom stereocenters. The van der Waals surface area contributed by atoms with E-state index >= 15 is 0 Å². The van der Waals surface area contributed by atoms with Gasteiger partial charge < -0.3 is 18.9 Å². The number of hydrogen-bond acceptors (Lipinski definition) is 4. The van der Waals surface area contributed by atoms with Crippen molar-refractivity contribution in [3.63, 3.8) is 0 Å². The molecule has 2 heterocycles. The van der Waals surface area contributed by atoms with Gasteiger partial charge in [0, 0.05) is 6.07 Å². The second-order valence-corrected chi connectivity index (χ2v) is 6.72. The van der Waals surface area contributed by atoms with E-state index in [2.05, 4.69) is 33.8 Å². The Morgan fingerprint density at radius 3 is 2.68 bits per heavy atom. The molecule has 0 radical (unpaired) electrons. The van der Waals surface area contributed by atoms with Crippen LogP contribution in [-0.4, -0.2) is 24.6 Å². The van der Waals surface area contributed by atoms with Gasteiger partial charge in [0.15, 0.2) is 11.5 Å². The van der Waals surface area contributed by atoms with Crippen molar-refractivity contribution in [3.8, 4) is 17.2 Å². The second-order valence-electron chi connectivity index (χ2n) is 6.72. The minimum Gasteiger partial charge on any atom is -0.489 e. The Balaban J connectivity index is 1.45. The van der Waals surface area contributed by atoms with Crippen LogP contribution >= 0.6 is 0 Å². The van der Waals surface area contributed by atoms with Gasteiger partial charge in [0.2, 0.25) is 6.79 Å². The molecule has 1 saturated heterocycles. The van der Waals surface area contributed by atoms with E-state index in [1.165, 1.54) is 5.57 Å². The van der Waals surface area contributed by atoms with E-state index in [1.54, 1.807) is 0 Å². The smallest absolute Gasteiger partial charge is 0.231 e. The van der Waals surface area contributed by atoms with Gasteiger partial charge in [0.05, 0.1) is 11.2 Å². The zero-order valence-corrected chi connectivity index (χ0v) is 13.8. The largest absolute Gasteiger partial charge is 0.489 e. The van der Waals surface area contributed by atoms with Crippen LogP contribution in [-0.2, 0) is 4.74 Å². The van der Waals surface area contributed by atoms with Crippen molar-refractivity contribution >= 4 is 0 Å². The summed E-state index contributed by atoms with van der Waals surface area (Å²) in [5.74, 6) is 2.32. The van der Waals surface area contributed by atoms with Crippen LogP contribution in [0.25, 0.3) is 0 Å². The molecule has 120 valence electrons. The van der Waals surface area contributed by atoms with Crippen molar-refractivity contribution in [3.05, 3.63) is 29.8 Å². The van der Waals surface area contributed by atoms with E-state index in [9.17, 15) is 0 Å². The van der Waals surface area contributed by atoms with Crippen LogP contribution in [0, 0.1) is 0 Å². The van der Waals surface area contributed by atoms with Gasteiger partial charge in [-0.2, -0.15) is 0 Å². The number of fused-ring (bicyclic) bond motifs is 1. The highest BCUT2D eigenvalue weighted by atomic mass is 16.7. The topological polar surface area (TPSA) is 40.2 Å². The quantitative estimate of drug-likeness (QED) is 0.586. The van der Waals surface area contributed by atoms with E-state index in [0.717, 1.165) is 30.1 Å². The number of allylic oxidation sites excluding steroid dienone is 1. The molecule has 0 N–H and O–H groups in total. The average Bonchev–Trinajstić information content (AvgIpc) is 2.82. The Bertz CT molecular complexity index is 591. The van der Waals surface area contributed by atoms with Crippen LogP contribution in [0.4, 0.5) is 0 Å². The number of hydrogen-bond donors (Lipinski definition) is 0. The van der Waals surface area contributed by atoms with E-state index in [0.29, 0.717) is 6.61 Å². The average molecular weight is 304 g/mol. The van der Waals surface area contributed by atoms with Gasteiger partial charge in [-0.3, -0.25) is 0 Å². The lowest BCUT2D eigenvalue weighted by Crippen LogP contribution is -2.16. The standard InChI is InChI=1S/C18H24O4/c1-13(7-9-18(4)17(2,3)22-18)8-10-19-14-5-6-15-16(11-14)21-12-20-15/h5-6,8,11H,7,9-10,12H2,1-4H3. The fourth-order valence-electron chi connectivity index (χ4n) is 2.67. The SMILES string of the molecule is CC(=CCOc1ccc2c(c1)OCO2)CCC1(C)OC1(C)C. The Labute approximate surface area is 132 Å². The van der Waals surface area contributed by atoms with Crippen LogP contribution in [0.15, 0.2) is 29.8 Å². The Kier molecular flexibility index (Phi) is 3.81. The van der Waals surface area contributed by atoms with Crippen molar-refractivity contribution in [1.29, 1.82) is 0 Å². The molecule has 1 fully saturated rings.